The number of hydrogen-bond donors (Lipinski definition) is 9. The van der Waals surface area contributed by atoms with Crippen LogP contribution in [0.1, 0.15) is 64.3 Å². The van der Waals surface area contributed by atoms with Crippen molar-refractivity contribution in [2.75, 3.05) is 37.8 Å². The van der Waals surface area contributed by atoms with Crippen molar-refractivity contribution in [2.24, 2.45) is 11.3 Å². The molecule has 1 fully saturated rings. The van der Waals surface area contributed by atoms with E-state index in [1.165, 1.54) is 19.4 Å². The van der Waals surface area contributed by atoms with E-state index >= 15 is 0 Å². The van der Waals surface area contributed by atoms with Crippen LogP contribution in [-0.4, -0.2) is 123 Å². The second-order valence-corrected chi connectivity index (χ2v) is 20.6. The van der Waals surface area contributed by atoms with Gasteiger partial charge in [0.15, 0.2) is 22.8 Å². The van der Waals surface area contributed by atoms with E-state index in [9.17, 15) is 57.9 Å². The summed E-state index contributed by atoms with van der Waals surface area (Å²) < 4.78 is 62.3. The molecule has 3 heterocycles. The number of nitrogen functional groups attached to an aromatic ring is 1. The van der Waals surface area contributed by atoms with Crippen molar-refractivity contribution in [3.63, 3.8) is 0 Å². The Balaban J connectivity index is 1.19. The summed E-state index contributed by atoms with van der Waals surface area (Å²) in [6, 6.07) is 7.93. The van der Waals surface area contributed by atoms with E-state index in [0.717, 1.165) is 41.0 Å². The fraction of sp³-hybridized carbons (Fsp3) is 0.588. The lowest BCUT2D eigenvalue weighted by molar-refractivity contribution is -0.137. The maximum absolute atomic E-state index is 12.7. The van der Waals surface area contributed by atoms with Crippen LogP contribution in [0.4, 0.5) is 5.82 Å². The van der Waals surface area contributed by atoms with Crippen molar-refractivity contribution in [2.45, 2.75) is 84.0 Å². The number of carbonyl (C=O) groups excluding carboxylic acids is 3. The van der Waals surface area contributed by atoms with Crippen molar-refractivity contribution in [3.8, 4) is 0 Å². The number of benzene rings is 1. The van der Waals surface area contributed by atoms with Gasteiger partial charge in [-0.3, -0.25) is 32.5 Å². The number of nitrogens with zero attached hydrogens (tertiary/aromatic N) is 4. The number of thioether (sulfide) groups is 1. The zero-order chi connectivity index (χ0) is 46.2. The highest BCUT2D eigenvalue weighted by Gasteiger charge is 2.50. The third-order valence-corrected chi connectivity index (χ3v) is 13.4. The molecule has 0 spiro atoms. The van der Waals surface area contributed by atoms with E-state index < -0.39 is 84.6 Å². The number of fused-ring (bicyclic) bond motifs is 1. The molecule has 24 nitrogen and oxygen atoms in total. The Morgan fingerprint density at radius 2 is 1.65 bits per heavy atom. The van der Waals surface area contributed by atoms with E-state index in [0.29, 0.717) is 11.7 Å². The first-order valence-electron chi connectivity index (χ1n) is 18.9. The van der Waals surface area contributed by atoms with Gasteiger partial charge in [0, 0.05) is 30.7 Å². The molecule has 2 amide bonds. The summed E-state index contributed by atoms with van der Waals surface area (Å²) in [5, 5.41) is 26.5. The van der Waals surface area contributed by atoms with Gasteiger partial charge in [-0.1, -0.05) is 70.6 Å². The number of hydrogen-bond acceptors (Lipinski definition) is 18. The molecule has 1 aliphatic rings. The number of nitrogens with two attached hydrogens (primary N) is 1. The Morgan fingerprint density at radius 1 is 0.984 bits per heavy atom. The standard InChI is InChI=1S/C34H52N7O17P3S/c1-19(2)14-21-6-8-22(9-7-21)20(3)33(46)62-13-12-36-24(42)10-11-37-31(45)28(44)34(4,5)16-55-61(52,53)58-60(50,51)54-15-23-27(57-59(47,48)49)26(43)32(56-23)41-18-40-25-29(35)38-17-39-30(25)41/h6-9,17-20,23,26-28,32,43-44H,10-16H2,1-5H3,(H,36,42)(H,37,45)(H,50,51)(H,52,53)(H2,35,38,39)(H2,47,48,49)/t20?,23-,26-,27-,28?,32-/m1/s1. The number of aromatic nitrogens is 4. The molecule has 0 bridgehead atoms. The van der Waals surface area contributed by atoms with Crippen LogP contribution in [0.5, 0.6) is 0 Å². The van der Waals surface area contributed by atoms with Crippen LogP contribution in [0.2, 0.25) is 0 Å². The monoisotopic (exact) mass is 955 g/mol. The smallest absolute Gasteiger partial charge is 0.386 e. The Kier molecular flexibility index (Phi) is 17.9. The number of rotatable bonds is 23. The molecule has 62 heavy (non-hydrogen) atoms. The number of carbonyl (C=O) groups is 3. The zero-order valence-electron chi connectivity index (χ0n) is 34.2. The quantitative estimate of drug-likeness (QED) is 0.0482. The van der Waals surface area contributed by atoms with Gasteiger partial charge >= 0.3 is 23.5 Å². The van der Waals surface area contributed by atoms with Gasteiger partial charge in [0.2, 0.25) is 11.8 Å². The van der Waals surface area contributed by atoms with E-state index in [-0.39, 0.29) is 47.5 Å². The molecule has 1 aliphatic heterocycles. The molecule has 1 saturated heterocycles. The molecule has 10 N–H and O–H groups in total. The molecular formula is C34H52N7O17P3S. The maximum atomic E-state index is 12.7. The molecular weight excluding hydrogens is 903 g/mol. The van der Waals surface area contributed by atoms with Crippen LogP contribution in [0.3, 0.4) is 0 Å². The summed E-state index contributed by atoms with van der Waals surface area (Å²) in [7, 11) is -16.4. The number of phosphoric acid groups is 3. The molecule has 3 aromatic rings. The SMILES string of the molecule is CC(C)Cc1ccc(C(C)C(=O)SCCNC(=O)CCNC(=O)C(O)C(C)(C)COP(=O)(O)OP(=O)(O)OC[C@H]2O[C@@H](n3cnc4c(N)ncnc43)[C@H](O)[C@@H]2OP(=O)(O)O)cc1. The van der Waals surface area contributed by atoms with E-state index in [1.807, 2.05) is 31.2 Å². The molecule has 346 valence electrons. The first-order valence-corrected chi connectivity index (χ1v) is 24.4. The maximum Gasteiger partial charge on any atom is 0.481 e. The number of ether oxygens (including phenoxy) is 1. The Bertz CT molecular complexity index is 2180. The van der Waals surface area contributed by atoms with Gasteiger partial charge in [-0.2, -0.15) is 4.31 Å². The molecule has 1 aromatic carbocycles. The first kappa shape index (κ1) is 51.4. The van der Waals surface area contributed by atoms with Gasteiger partial charge in [0.25, 0.3) is 0 Å². The van der Waals surface area contributed by atoms with Crippen molar-refractivity contribution >= 4 is 69.1 Å². The number of nitrogens with one attached hydrogen (secondary N) is 2. The van der Waals surface area contributed by atoms with Gasteiger partial charge in [-0.15, -0.1) is 0 Å². The van der Waals surface area contributed by atoms with Gasteiger partial charge in [0.1, 0.15) is 36.3 Å². The molecule has 0 aliphatic carbocycles. The lowest BCUT2D eigenvalue weighted by atomic mass is 9.87. The summed E-state index contributed by atoms with van der Waals surface area (Å²) in [4.78, 5) is 88.8. The number of aliphatic hydroxyl groups is 2. The minimum atomic E-state index is -5.58. The van der Waals surface area contributed by atoms with Crippen LogP contribution in [-0.2, 0) is 57.1 Å². The van der Waals surface area contributed by atoms with Crippen LogP contribution < -0.4 is 16.4 Å². The van der Waals surface area contributed by atoms with Crippen molar-refractivity contribution in [3.05, 3.63) is 48.0 Å². The Labute approximate surface area is 360 Å². The minimum absolute atomic E-state index is 0.0297. The van der Waals surface area contributed by atoms with Gasteiger partial charge in [-0.05, 0) is 23.5 Å². The van der Waals surface area contributed by atoms with Gasteiger partial charge in [-0.25, -0.2) is 28.6 Å². The Hall–Kier alpha value is -3.22. The number of anilines is 1. The molecule has 0 radical (unpaired) electrons. The van der Waals surface area contributed by atoms with Crippen molar-refractivity contribution in [1.29, 1.82) is 0 Å². The lowest BCUT2D eigenvalue weighted by Crippen LogP contribution is -2.46. The molecule has 28 heteroatoms. The Morgan fingerprint density at radius 3 is 2.29 bits per heavy atom. The van der Waals surface area contributed by atoms with Crippen molar-refractivity contribution in [1.82, 2.24) is 30.2 Å². The third-order valence-electron chi connectivity index (χ3n) is 9.22. The van der Waals surface area contributed by atoms with E-state index in [4.69, 9.17) is 19.5 Å². The lowest BCUT2D eigenvalue weighted by Gasteiger charge is -2.30. The van der Waals surface area contributed by atoms with Crippen LogP contribution in [0.15, 0.2) is 36.9 Å². The normalized spacial score (nSPS) is 21.3. The van der Waals surface area contributed by atoms with E-state index in [1.54, 1.807) is 0 Å². The van der Waals surface area contributed by atoms with Crippen LogP contribution in [0, 0.1) is 11.3 Å². The summed E-state index contributed by atoms with van der Waals surface area (Å²) in [5.74, 6) is -0.954. The highest BCUT2D eigenvalue weighted by molar-refractivity contribution is 8.13. The number of imidazole rings is 1. The molecule has 4 unspecified atom stereocenters. The molecule has 2 aromatic heterocycles. The highest BCUT2D eigenvalue weighted by Crippen LogP contribution is 2.61. The fourth-order valence-electron chi connectivity index (χ4n) is 5.96. The molecule has 8 atom stereocenters. The third kappa shape index (κ3) is 14.9. The second-order valence-electron chi connectivity index (χ2n) is 15.3. The topological polar surface area (TPSA) is 364 Å². The summed E-state index contributed by atoms with van der Waals surface area (Å²) in [6.07, 6.45) is -6.00. The van der Waals surface area contributed by atoms with Crippen LogP contribution >= 0.6 is 35.2 Å². The van der Waals surface area contributed by atoms with Gasteiger partial charge in [0.05, 0.1) is 25.5 Å². The van der Waals surface area contributed by atoms with Crippen molar-refractivity contribution < 1.29 is 80.5 Å². The largest absolute Gasteiger partial charge is 0.481 e. The minimum Gasteiger partial charge on any atom is -0.386 e. The molecule has 4 rings (SSSR count). The van der Waals surface area contributed by atoms with E-state index in [2.05, 4.69) is 48.3 Å². The summed E-state index contributed by atoms with van der Waals surface area (Å²) >= 11 is 1.09. The second kappa shape index (κ2) is 21.6. The highest BCUT2D eigenvalue weighted by atomic mass is 32.2. The average Bonchev–Trinajstić information content (AvgIpc) is 3.74. The predicted molar refractivity (Wildman–Crippen MR) is 220 cm³/mol. The summed E-state index contributed by atoms with van der Waals surface area (Å²) in [6.45, 7) is 6.55. The summed E-state index contributed by atoms with van der Waals surface area (Å²) in [5.41, 5.74) is 6.36. The number of phosphoric ester groups is 3. The number of aliphatic hydroxyl groups excluding tert-OH is 2. The van der Waals surface area contributed by atoms with Gasteiger partial charge < -0.3 is 50.9 Å². The fourth-order valence-corrected chi connectivity index (χ4v) is 9.58. The number of amides is 2. The average molecular weight is 956 g/mol. The zero-order valence-corrected chi connectivity index (χ0v) is 37.7. The van der Waals surface area contributed by atoms with Crippen LogP contribution in [0.25, 0.3) is 11.2 Å². The predicted octanol–water partition coefficient (Wildman–Crippen LogP) is 1.67. The first-order chi connectivity index (χ1) is 28.8. The molecule has 0 saturated carbocycles.